The lowest BCUT2D eigenvalue weighted by molar-refractivity contribution is 0.164. The van der Waals surface area contributed by atoms with Crippen LogP contribution in [-0.4, -0.2) is 52.3 Å². The van der Waals surface area contributed by atoms with E-state index in [4.69, 9.17) is 4.74 Å². The Kier molecular flexibility index (Phi) is 7.11. The molecule has 0 aliphatic carbocycles. The van der Waals surface area contributed by atoms with Gasteiger partial charge < -0.3 is 10.1 Å². The van der Waals surface area contributed by atoms with Gasteiger partial charge in [0.1, 0.15) is 0 Å². The van der Waals surface area contributed by atoms with Crippen molar-refractivity contribution in [2.75, 3.05) is 32.1 Å². The van der Waals surface area contributed by atoms with Crippen LogP contribution in [0.25, 0.3) is 0 Å². The van der Waals surface area contributed by atoms with Crippen LogP contribution in [0.1, 0.15) is 13.8 Å². The lowest BCUT2D eigenvalue weighted by Crippen LogP contribution is -2.20. The van der Waals surface area contributed by atoms with E-state index in [0.29, 0.717) is 0 Å². The second kappa shape index (κ2) is 8.49. The van der Waals surface area contributed by atoms with Crippen molar-refractivity contribution in [1.29, 1.82) is 0 Å². The zero-order valence-electron chi connectivity index (χ0n) is 9.85. The van der Waals surface area contributed by atoms with Crippen molar-refractivity contribution in [3.8, 4) is 0 Å². The summed E-state index contributed by atoms with van der Waals surface area (Å²) in [6.45, 7) is 8.23. The van der Waals surface area contributed by atoms with Crippen LogP contribution in [0.3, 0.4) is 0 Å². The van der Waals surface area contributed by atoms with Gasteiger partial charge in [0, 0.05) is 18.9 Å². The first-order valence-electron chi connectivity index (χ1n) is 5.55. The van der Waals surface area contributed by atoms with Crippen molar-refractivity contribution in [3.05, 3.63) is 0 Å². The molecule has 0 bridgehead atoms. The van der Waals surface area contributed by atoms with Crippen molar-refractivity contribution in [2.45, 2.75) is 25.5 Å². The molecular weight excluding hydrogens is 226 g/mol. The van der Waals surface area contributed by atoms with Gasteiger partial charge in [-0.15, -0.1) is 5.10 Å². The summed E-state index contributed by atoms with van der Waals surface area (Å²) in [4.78, 5) is 0. The average molecular weight is 245 g/mol. The normalized spacial score (nSPS) is 10.9. The number of ether oxygens (including phenoxy) is 1. The van der Waals surface area contributed by atoms with E-state index in [1.54, 1.807) is 11.8 Å². The molecule has 92 valence electrons. The Balaban J connectivity index is 2.26. The topological polar surface area (TPSA) is 64.9 Å². The minimum atomic E-state index is 0.737. The van der Waals surface area contributed by atoms with Gasteiger partial charge in [0.2, 0.25) is 5.16 Å². The Hall–Kier alpha value is -0.660. The van der Waals surface area contributed by atoms with Crippen LogP contribution in [0, 0.1) is 0 Å². The Morgan fingerprint density at radius 1 is 1.44 bits per heavy atom. The summed E-state index contributed by atoms with van der Waals surface area (Å²) in [5.41, 5.74) is 0. The highest BCUT2D eigenvalue weighted by Crippen LogP contribution is 2.12. The van der Waals surface area contributed by atoms with E-state index in [-0.39, 0.29) is 0 Å². The van der Waals surface area contributed by atoms with Crippen LogP contribution in [0.2, 0.25) is 0 Å². The fourth-order valence-electron chi connectivity index (χ4n) is 1.14. The molecule has 0 aromatic carbocycles. The lowest BCUT2D eigenvalue weighted by Gasteiger charge is -2.04. The van der Waals surface area contributed by atoms with E-state index in [1.807, 2.05) is 11.6 Å². The third-order valence-corrected chi connectivity index (χ3v) is 2.83. The maximum Gasteiger partial charge on any atom is 0.209 e. The molecule has 0 aliphatic heterocycles. The quantitative estimate of drug-likeness (QED) is 0.502. The second-order valence-electron chi connectivity index (χ2n) is 3.08. The molecule has 0 radical (unpaired) electrons. The lowest BCUT2D eigenvalue weighted by atomic mass is 10.6. The number of hydrogen-bond acceptors (Lipinski definition) is 6. The number of thioether (sulfide) groups is 1. The molecule has 16 heavy (non-hydrogen) atoms. The van der Waals surface area contributed by atoms with E-state index < -0.39 is 0 Å². The van der Waals surface area contributed by atoms with Crippen LogP contribution in [-0.2, 0) is 11.3 Å². The van der Waals surface area contributed by atoms with Crippen LogP contribution in [0.5, 0.6) is 0 Å². The number of nitrogens with one attached hydrogen (secondary N) is 1. The second-order valence-corrected chi connectivity index (χ2v) is 4.15. The first-order chi connectivity index (χ1) is 7.88. The number of hydrogen-bond donors (Lipinski definition) is 1. The predicted molar refractivity (Wildman–Crippen MR) is 63.6 cm³/mol. The zero-order chi connectivity index (χ0) is 11.6. The molecule has 7 heteroatoms. The smallest absolute Gasteiger partial charge is 0.209 e. The standard InChI is InChI=1S/C9H19N5OS/c1-3-10-5-6-14-9(11-12-13-14)16-8-7-15-4-2/h10H,3-8H2,1-2H3. The molecule has 1 heterocycles. The van der Waals surface area contributed by atoms with Crippen molar-refractivity contribution in [2.24, 2.45) is 0 Å². The van der Waals surface area contributed by atoms with E-state index in [0.717, 1.165) is 43.8 Å². The molecule has 0 fully saturated rings. The molecule has 0 spiro atoms. The molecular formula is C9H19N5OS. The van der Waals surface area contributed by atoms with Crippen molar-refractivity contribution >= 4 is 11.8 Å². The van der Waals surface area contributed by atoms with Gasteiger partial charge in [0.25, 0.3) is 0 Å². The summed E-state index contributed by atoms with van der Waals surface area (Å²) in [7, 11) is 0. The molecule has 1 aromatic heterocycles. The molecule has 0 unspecified atom stereocenters. The molecule has 0 atom stereocenters. The van der Waals surface area contributed by atoms with Gasteiger partial charge in [-0.3, -0.25) is 0 Å². The largest absolute Gasteiger partial charge is 0.381 e. The molecule has 1 rings (SSSR count). The highest BCUT2D eigenvalue weighted by molar-refractivity contribution is 7.99. The SMILES string of the molecule is CCNCCn1nnnc1SCCOCC. The van der Waals surface area contributed by atoms with E-state index in [2.05, 4.69) is 27.8 Å². The highest BCUT2D eigenvalue weighted by atomic mass is 32.2. The Bertz CT molecular complexity index is 281. The first-order valence-corrected chi connectivity index (χ1v) is 6.54. The van der Waals surface area contributed by atoms with E-state index in [9.17, 15) is 0 Å². The van der Waals surface area contributed by atoms with Crippen molar-refractivity contribution in [3.63, 3.8) is 0 Å². The van der Waals surface area contributed by atoms with Crippen LogP contribution >= 0.6 is 11.8 Å². The fraction of sp³-hybridized carbons (Fsp3) is 0.889. The summed E-state index contributed by atoms with van der Waals surface area (Å²) < 4.78 is 7.08. The summed E-state index contributed by atoms with van der Waals surface area (Å²) in [5, 5.41) is 15.7. The summed E-state index contributed by atoms with van der Waals surface area (Å²) in [5.74, 6) is 0.884. The third-order valence-electron chi connectivity index (χ3n) is 1.91. The van der Waals surface area contributed by atoms with Gasteiger partial charge in [-0.05, 0) is 23.9 Å². The Morgan fingerprint density at radius 2 is 2.31 bits per heavy atom. The van der Waals surface area contributed by atoms with Crippen LogP contribution < -0.4 is 5.32 Å². The molecule has 0 saturated heterocycles. The van der Waals surface area contributed by atoms with Crippen LogP contribution in [0.15, 0.2) is 5.16 Å². The molecule has 1 N–H and O–H groups in total. The minimum absolute atomic E-state index is 0.737. The minimum Gasteiger partial charge on any atom is -0.381 e. The number of tetrazole rings is 1. The highest BCUT2D eigenvalue weighted by Gasteiger charge is 2.05. The maximum absolute atomic E-state index is 5.26. The summed E-state index contributed by atoms with van der Waals surface area (Å²) >= 11 is 1.63. The molecule has 1 aromatic rings. The molecule has 0 aliphatic rings. The molecule has 0 amide bonds. The average Bonchev–Trinajstić information content (AvgIpc) is 2.73. The molecule has 0 saturated carbocycles. The van der Waals surface area contributed by atoms with Gasteiger partial charge in [-0.2, -0.15) is 0 Å². The van der Waals surface area contributed by atoms with Gasteiger partial charge in [0.15, 0.2) is 0 Å². The predicted octanol–water partition coefficient (Wildman–Crippen LogP) is 0.411. The van der Waals surface area contributed by atoms with Gasteiger partial charge in [0.05, 0.1) is 13.2 Å². The van der Waals surface area contributed by atoms with Gasteiger partial charge in [-0.25, -0.2) is 4.68 Å². The Morgan fingerprint density at radius 3 is 3.06 bits per heavy atom. The van der Waals surface area contributed by atoms with Crippen molar-refractivity contribution in [1.82, 2.24) is 25.5 Å². The summed E-state index contributed by atoms with van der Waals surface area (Å²) in [6.07, 6.45) is 0. The van der Waals surface area contributed by atoms with E-state index in [1.165, 1.54) is 0 Å². The maximum atomic E-state index is 5.26. The fourth-order valence-corrected chi connectivity index (χ4v) is 1.89. The van der Waals surface area contributed by atoms with Crippen molar-refractivity contribution < 1.29 is 4.74 Å². The summed E-state index contributed by atoms with van der Waals surface area (Å²) in [6, 6.07) is 0. The number of rotatable bonds is 9. The first kappa shape index (κ1) is 13.4. The van der Waals surface area contributed by atoms with E-state index >= 15 is 0 Å². The number of likely N-dealkylation sites (N-methyl/N-ethyl adjacent to an activating group) is 1. The monoisotopic (exact) mass is 245 g/mol. The number of nitrogens with zero attached hydrogens (tertiary/aromatic N) is 4. The van der Waals surface area contributed by atoms with Gasteiger partial charge in [-0.1, -0.05) is 18.7 Å². The number of aromatic nitrogens is 4. The third kappa shape index (κ3) is 4.91. The Labute approximate surface area is 100 Å². The zero-order valence-corrected chi connectivity index (χ0v) is 10.7. The van der Waals surface area contributed by atoms with Crippen LogP contribution in [0.4, 0.5) is 0 Å². The van der Waals surface area contributed by atoms with Gasteiger partial charge >= 0.3 is 0 Å². The molecule has 6 nitrogen and oxygen atoms in total.